The summed E-state index contributed by atoms with van der Waals surface area (Å²) in [5.74, 6) is -1.28. The first kappa shape index (κ1) is 15.2. The second-order valence-electron chi connectivity index (χ2n) is 5.13. The highest BCUT2D eigenvalue weighted by molar-refractivity contribution is 5.77. The SMILES string of the molecule is CC(C)CC(=O)NCC(Cc1ccccc1)C(=O)O. The van der Waals surface area contributed by atoms with Gasteiger partial charge in [-0.05, 0) is 17.9 Å². The average Bonchev–Trinajstić information content (AvgIpc) is 2.34. The molecule has 0 fully saturated rings. The molecule has 0 bridgehead atoms. The fourth-order valence-electron chi connectivity index (χ4n) is 1.83. The van der Waals surface area contributed by atoms with Gasteiger partial charge in [0.15, 0.2) is 0 Å². The van der Waals surface area contributed by atoms with Gasteiger partial charge in [0.25, 0.3) is 0 Å². The zero-order chi connectivity index (χ0) is 14.3. The molecule has 0 radical (unpaired) electrons. The van der Waals surface area contributed by atoms with Crippen molar-refractivity contribution in [3.05, 3.63) is 35.9 Å². The molecule has 2 N–H and O–H groups in total. The van der Waals surface area contributed by atoms with E-state index in [-0.39, 0.29) is 18.4 Å². The van der Waals surface area contributed by atoms with Gasteiger partial charge in [-0.15, -0.1) is 0 Å². The van der Waals surface area contributed by atoms with Crippen molar-refractivity contribution in [1.82, 2.24) is 5.32 Å². The highest BCUT2D eigenvalue weighted by Gasteiger charge is 2.19. The highest BCUT2D eigenvalue weighted by Crippen LogP contribution is 2.09. The van der Waals surface area contributed by atoms with Crippen LogP contribution in [0, 0.1) is 11.8 Å². The van der Waals surface area contributed by atoms with Crippen molar-refractivity contribution in [3.8, 4) is 0 Å². The molecular weight excluding hydrogens is 242 g/mol. The van der Waals surface area contributed by atoms with Crippen molar-refractivity contribution >= 4 is 11.9 Å². The number of carbonyl (C=O) groups is 2. The molecule has 1 aromatic carbocycles. The first-order chi connectivity index (χ1) is 8.99. The van der Waals surface area contributed by atoms with Crippen molar-refractivity contribution in [3.63, 3.8) is 0 Å². The van der Waals surface area contributed by atoms with Gasteiger partial charge in [-0.2, -0.15) is 0 Å². The zero-order valence-electron chi connectivity index (χ0n) is 11.4. The fourth-order valence-corrected chi connectivity index (χ4v) is 1.83. The minimum Gasteiger partial charge on any atom is -0.481 e. The van der Waals surface area contributed by atoms with Crippen LogP contribution in [0.5, 0.6) is 0 Å². The topological polar surface area (TPSA) is 66.4 Å². The lowest BCUT2D eigenvalue weighted by Gasteiger charge is -2.14. The Morgan fingerprint density at radius 3 is 2.37 bits per heavy atom. The van der Waals surface area contributed by atoms with Crippen molar-refractivity contribution in [2.45, 2.75) is 26.7 Å². The first-order valence-corrected chi connectivity index (χ1v) is 6.52. The summed E-state index contributed by atoms with van der Waals surface area (Å²) in [6.45, 7) is 4.09. The molecule has 1 unspecified atom stereocenters. The van der Waals surface area contributed by atoms with Gasteiger partial charge in [0.05, 0.1) is 5.92 Å². The Hall–Kier alpha value is -1.84. The maximum Gasteiger partial charge on any atom is 0.308 e. The van der Waals surface area contributed by atoms with E-state index >= 15 is 0 Å². The quantitative estimate of drug-likeness (QED) is 0.791. The molecule has 1 atom stereocenters. The largest absolute Gasteiger partial charge is 0.481 e. The number of benzene rings is 1. The molecule has 0 spiro atoms. The van der Waals surface area contributed by atoms with Crippen molar-refractivity contribution < 1.29 is 14.7 Å². The summed E-state index contributed by atoms with van der Waals surface area (Å²) in [5.41, 5.74) is 0.966. The van der Waals surface area contributed by atoms with Gasteiger partial charge >= 0.3 is 5.97 Å². The van der Waals surface area contributed by atoms with E-state index in [2.05, 4.69) is 5.32 Å². The number of carboxylic acid groups (broad SMARTS) is 1. The van der Waals surface area contributed by atoms with Crippen LogP contribution in [0.25, 0.3) is 0 Å². The van der Waals surface area contributed by atoms with E-state index in [0.29, 0.717) is 12.8 Å². The molecule has 0 aromatic heterocycles. The molecule has 104 valence electrons. The van der Waals surface area contributed by atoms with E-state index in [9.17, 15) is 14.7 Å². The molecule has 4 heteroatoms. The summed E-state index contributed by atoms with van der Waals surface area (Å²) in [4.78, 5) is 22.7. The van der Waals surface area contributed by atoms with E-state index in [0.717, 1.165) is 5.56 Å². The first-order valence-electron chi connectivity index (χ1n) is 6.52. The Balaban J connectivity index is 2.50. The van der Waals surface area contributed by atoms with Crippen LogP contribution in [-0.4, -0.2) is 23.5 Å². The van der Waals surface area contributed by atoms with Gasteiger partial charge in [0, 0.05) is 13.0 Å². The molecule has 4 nitrogen and oxygen atoms in total. The normalized spacial score (nSPS) is 12.2. The fraction of sp³-hybridized carbons (Fsp3) is 0.467. The van der Waals surface area contributed by atoms with Crippen LogP contribution in [0.4, 0.5) is 0 Å². The summed E-state index contributed by atoms with van der Waals surface area (Å²) < 4.78 is 0. The molecule has 1 rings (SSSR count). The molecule has 1 aromatic rings. The van der Waals surface area contributed by atoms with Gasteiger partial charge in [-0.3, -0.25) is 9.59 Å². The van der Waals surface area contributed by atoms with E-state index < -0.39 is 11.9 Å². The van der Waals surface area contributed by atoms with Gasteiger partial charge in [-0.25, -0.2) is 0 Å². The minimum absolute atomic E-state index is 0.0886. The number of hydrogen-bond donors (Lipinski definition) is 2. The van der Waals surface area contributed by atoms with E-state index in [1.165, 1.54) is 0 Å². The summed E-state index contributed by atoms with van der Waals surface area (Å²) in [7, 11) is 0. The Morgan fingerprint density at radius 1 is 1.21 bits per heavy atom. The Kier molecular flexibility index (Phi) is 6.06. The summed E-state index contributed by atoms with van der Waals surface area (Å²) >= 11 is 0. The molecule has 0 heterocycles. The highest BCUT2D eigenvalue weighted by atomic mass is 16.4. The zero-order valence-corrected chi connectivity index (χ0v) is 11.4. The number of hydrogen-bond acceptors (Lipinski definition) is 2. The van der Waals surface area contributed by atoms with Crippen molar-refractivity contribution in [1.29, 1.82) is 0 Å². The average molecular weight is 263 g/mol. The number of aliphatic carboxylic acids is 1. The molecule has 19 heavy (non-hydrogen) atoms. The number of rotatable bonds is 7. The number of nitrogens with one attached hydrogen (secondary N) is 1. The third kappa shape index (κ3) is 6.04. The minimum atomic E-state index is -0.881. The lowest BCUT2D eigenvalue weighted by Crippen LogP contribution is -2.34. The van der Waals surface area contributed by atoms with E-state index in [1.807, 2.05) is 44.2 Å². The second kappa shape index (κ2) is 7.56. The van der Waals surface area contributed by atoms with E-state index in [1.54, 1.807) is 0 Å². The molecule has 0 saturated heterocycles. The maximum absolute atomic E-state index is 11.5. The van der Waals surface area contributed by atoms with Crippen LogP contribution in [-0.2, 0) is 16.0 Å². The standard InChI is InChI=1S/C15H21NO3/c1-11(2)8-14(17)16-10-13(15(18)19)9-12-6-4-3-5-7-12/h3-7,11,13H,8-10H2,1-2H3,(H,16,17)(H,18,19). The monoisotopic (exact) mass is 263 g/mol. The lowest BCUT2D eigenvalue weighted by atomic mass is 9.99. The third-order valence-corrected chi connectivity index (χ3v) is 2.81. The van der Waals surface area contributed by atoms with Crippen LogP contribution >= 0.6 is 0 Å². The van der Waals surface area contributed by atoms with Crippen LogP contribution in [0.3, 0.4) is 0 Å². The molecule has 0 aliphatic carbocycles. The lowest BCUT2D eigenvalue weighted by molar-refractivity contribution is -0.141. The maximum atomic E-state index is 11.5. The summed E-state index contributed by atoms with van der Waals surface area (Å²) in [6.07, 6.45) is 0.857. The molecule has 1 amide bonds. The molecule has 0 aliphatic heterocycles. The number of carboxylic acids is 1. The van der Waals surface area contributed by atoms with Gasteiger partial charge in [-0.1, -0.05) is 44.2 Å². The Morgan fingerprint density at radius 2 is 1.84 bits per heavy atom. The second-order valence-corrected chi connectivity index (χ2v) is 5.13. The van der Waals surface area contributed by atoms with Crippen LogP contribution in [0.1, 0.15) is 25.8 Å². The predicted octanol–water partition coefficient (Wildman–Crippen LogP) is 2.09. The molecule has 0 saturated carbocycles. The molecular formula is C15H21NO3. The Bertz CT molecular complexity index is 415. The van der Waals surface area contributed by atoms with Crippen molar-refractivity contribution in [2.75, 3.05) is 6.54 Å². The van der Waals surface area contributed by atoms with Gasteiger partial charge < -0.3 is 10.4 Å². The molecule has 0 aliphatic rings. The van der Waals surface area contributed by atoms with E-state index in [4.69, 9.17) is 0 Å². The van der Waals surface area contributed by atoms with Crippen LogP contribution in [0.15, 0.2) is 30.3 Å². The van der Waals surface area contributed by atoms with Crippen molar-refractivity contribution in [2.24, 2.45) is 11.8 Å². The number of amides is 1. The number of carbonyl (C=O) groups excluding carboxylic acids is 1. The predicted molar refractivity (Wildman–Crippen MR) is 73.7 cm³/mol. The summed E-state index contributed by atoms with van der Waals surface area (Å²) in [5, 5.41) is 11.9. The smallest absolute Gasteiger partial charge is 0.308 e. The third-order valence-electron chi connectivity index (χ3n) is 2.81. The van der Waals surface area contributed by atoms with Crippen LogP contribution in [0.2, 0.25) is 0 Å². The van der Waals surface area contributed by atoms with Gasteiger partial charge in [0.1, 0.15) is 0 Å². The van der Waals surface area contributed by atoms with Gasteiger partial charge in [0.2, 0.25) is 5.91 Å². The Labute approximate surface area is 113 Å². The van der Waals surface area contributed by atoms with Crippen LogP contribution < -0.4 is 5.32 Å². The summed E-state index contributed by atoms with van der Waals surface area (Å²) in [6, 6.07) is 9.44.